The molecule has 0 aliphatic carbocycles. The summed E-state index contributed by atoms with van der Waals surface area (Å²) in [6, 6.07) is 5.96. The van der Waals surface area contributed by atoms with Gasteiger partial charge in [-0.15, -0.1) is 0 Å². The lowest BCUT2D eigenvalue weighted by molar-refractivity contribution is 0.0997. The van der Waals surface area contributed by atoms with E-state index < -0.39 is 5.91 Å². The molecule has 4 heteroatoms. The number of carbonyl (C=O) groups excluding carboxylic acids is 1. The van der Waals surface area contributed by atoms with E-state index in [0.29, 0.717) is 15.8 Å². The van der Waals surface area contributed by atoms with Gasteiger partial charge in [-0.3, -0.25) is 4.79 Å². The van der Waals surface area contributed by atoms with E-state index in [-0.39, 0.29) is 0 Å². The molecule has 1 rings (SSSR count). The van der Waals surface area contributed by atoms with Gasteiger partial charge in [-0.1, -0.05) is 15.9 Å². The molecular formula is C8H7BrNO2. The van der Waals surface area contributed by atoms with E-state index in [1.807, 2.05) is 0 Å². The summed E-state index contributed by atoms with van der Waals surface area (Å²) in [5.74, 6) is -0.0766. The van der Waals surface area contributed by atoms with Crippen molar-refractivity contribution < 1.29 is 9.53 Å². The minimum absolute atomic E-state index is 0.350. The highest BCUT2D eigenvalue weighted by molar-refractivity contribution is 9.10. The summed E-state index contributed by atoms with van der Waals surface area (Å²) in [6.45, 7) is 0. The van der Waals surface area contributed by atoms with E-state index >= 15 is 0 Å². The van der Waals surface area contributed by atoms with Crippen LogP contribution in [0.4, 0.5) is 0 Å². The number of benzene rings is 1. The van der Waals surface area contributed by atoms with E-state index in [9.17, 15) is 4.79 Å². The first-order chi connectivity index (χ1) is 5.65. The largest absolute Gasteiger partial charge is 0.496 e. The number of amides is 1. The molecule has 3 nitrogen and oxygen atoms in total. The number of ether oxygens (including phenoxy) is 1. The molecular weight excluding hydrogens is 222 g/mol. The van der Waals surface area contributed by atoms with Gasteiger partial charge in [0.25, 0.3) is 5.91 Å². The maximum atomic E-state index is 10.8. The van der Waals surface area contributed by atoms with Gasteiger partial charge in [0.1, 0.15) is 5.75 Å². The predicted molar refractivity (Wildman–Crippen MR) is 48.0 cm³/mol. The molecule has 0 aromatic heterocycles. The number of nitrogens with two attached hydrogens (primary N) is 1. The maximum absolute atomic E-state index is 10.8. The molecule has 0 bridgehead atoms. The summed E-state index contributed by atoms with van der Waals surface area (Å²) in [6.07, 6.45) is 0. The summed E-state index contributed by atoms with van der Waals surface area (Å²) >= 11 is 3.17. The van der Waals surface area contributed by atoms with Crippen molar-refractivity contribution in [2.45, 2.75) is 0 Å². The van der Waals surface area contributed by atoms with Crippen LogP contribution in [-0.2, 0) is 0 Å². The molecule has 0 heterocycles. The third kappa shape index (κ3) is 1.76. The van der Waals surface area contributed by atoms with Crippen LogP contribution in [0, 0.1) is 6.07 Å². The molecule has 1 amide bonds. The Morgan fingerprint density at radius 3 is 2.92 bits per heavy atom. The minimum atomic E-state index is -0.512. The first kappa shape index (κ1) is 9.06. The molecule has 0 aliphatic heterocycles. The SMILES string of the molecule is COc1c[c]c(Br)cc1C(N)=O. The molecule has 0 unspecified atom stereocenters. The van der Waals surface area contributed by atoms with Gasteiger partial charge in [-0.05, 0) is 12.1 Å². The molecule has 0 spiro atoms. The van der Waals surface area contributed by atoms with Gasteiger partial charge in [-0.25, -0.2) is 0 Å². The molecule has 12 heavy (non-hydrogen) atoms. The zero-order valence-electron chi connectivity index (χ0n) is 6.43. The van der Waals surface area contributed by atoms with Crippen molar-refractivity contribution in [2.24, 2.45) is 5.73 Å². The second-order valence-electron chi connectivity index (χ2n) is 2.13. The monoisotopic (exact) mass is 228 g/mol. The van der Waals surface area contributed by atoms with Crippen molar-refractivity contribution in [3.05, 3.63) is 28.2 Å². The lowest BCUT2D eigenvalue weighted by Crippen LogP contribution is -2.12. The molecule has 1 aromatic carbocycles. The smallest absolute Gasteiger partial charge is 0.252 e. The van der Waals surface area contributed by atoms with E-state index in [0.717, 1.165) is 0 Å². The number of carbonyl (C=O) groups is 1. The Balaban J connectivity index is 3.21. The van der Waals surface area contributed by atoms with Crippen molar-refractivity contribution in [3.63, 3.8) is 0 Å². The number of methoxy groups -OCH3 is 1. The van der Waals surface area contributed by atoms with E-state index in [4.69, 9.17) is 10.5 Å². The molecule has 0 atom stereocenters. The van der Waals surface area contributed by atoms with Crippen molar-refractivity contribution in [1.82, 2.24) is 0 Å². The quantitative estimate of drug-likeness (QED) is 0.832. The average molecular weight is 229 g/mol. The second kappa shape index (κ2) is 3.58. The third-order valence-electron chi connectivity index (χ3n) is 1.36. The highest BCUT2D eigenvalue weighted by Gasteiger charge is 2.08. The maximum Gasteiger partial charge on any atom is 0.252 e. The fraction of sp³-hybridized carbons (Fsp3) is 0.125. The van der Waals surface area contributed by atoms with Crippen LogP contribution in [0.3, 0.4) is 0 Å². The van der Waals surface area contributed by atoms with Crippen molar-refractivity contribution in [2.75, 3.05) is 7.11 Å². The summed E-state index contributed by atoms with van der Waals surface area (Å²) in [7, 11) is 1.48. The molecule has 63 valence electrons. The molecule has 1 aromatic rings. The topological polar surface area (TPSA) is 52.3 Å². The summed E-state index contributed by atoms with van der Waals surface area (Å²) < 4.78 is 5.59. The van der Waals surface area contributed by atoms with Crippen LogP contribution in [0.5, 0.6) is 5.75 Å². The fourth-order valence-corrected chi connectivity index (χ4v) is 1.16. The Labute approximate surface area is 78.6 Å². The Morgan fingerprint density at radius 1 is 1.75 bits per heavy atom. The summed E-state index contributed by atoms with van der Waals surface area (Å²) in [5, 5.41) is 0. The van der Waals surface area contributed by atoms with Gasteiger partial charge >= 0.3 is 0 Å². The van der Waals surface area contributed by atoms with Gasteiger partial charge in [0.15, 0.2) is 0 Å². The number of hydrogen-bond donors (Lipinski definition) is 1. The standard InChI is InChI=1S/C8H7BrNO2/c1-12-7-3-2-5(9)4-6(7)8(10)11/h3-4H,1H3,(H2,10,11). The zero-order chi connectivity index (χ0) is 9.14. The van der Waals surface area contributed by atoms with Gasteiger partial charge in [0, 0.05) is 10.5 Å². The predicted octanol–water partition coefficient (Wildman–Crippen LogP) is 1.36. The van der Waals surface area contributed by atoms with Crippen molar-refractivity contribution in [3.8, 4) is 5.75 Å². The van der Waals surface area contributed by atoms with Gasteiger partial charge in [-0.2, -0.15) is 0 Å². The lowest BCUT2D eigenvalue weighted by atomic mass is 10.2. The van der Waals surface area contributed by atoms with Gasteiger partial charge < -0.3 is 10.5 Å². The summed E-state index contributed by atoms with van der Waals surface area (Å²) in [5.41, 5.74) is 5.46. The van der Waals surface area contributed by atoms with E-state index in [2.05, 4.69) is 22.0 Å². The Morgan fingerprint density at radius 2 is 2.42 bits per heavy atom. The Kier molecular flexibility index (Phi) is 2.70. The van der Waals surface area contributed by atoms with E-state index in [1.165, 1.54) is 7.11 Å². The molecule has 0 saturated carbocycles. The number of primary amides is 1. The molecule has 1 radical (unpaired) electrons. The number of halogens is 1. The average Bonchev–Trinajstić information content (AvgIpc) is 2.04. The van der Waals surface area contributed by atoms with Crippen molar-refractivity contribution in [1.29, 1.82) is 0 Å². The van der Waals surface area contributed by atoms with E-state index in [1.54, 1.807) is 12.1 Å². The highest BCUT2D eigenvalue weighted by Crippen LogP contribution is 2.21. The first-order valence-electron chi connectivity index (χ1n) is 3.20. The van der Waals surface area contributed by atoms with Crippen molar-refractivity contribution >= 4 is 21.8 Å². The molecule has 0 fully saturated rings. The number of rotatable bonds is 2. The Hall–Kier alpha value is -1.03. The third-order valence-corrected chi connectivity index (χ3v) is 1.82. The molecule has 0 aliphatic rings. The van der Waals surface area contributed by atoms with Crippen LogP contribution in [0.25, 0.3) is 0 Å². The zero-order valence-corrected chi connectivity index (χ0v) is 8.01. The summed E-state index contributed by atoms with van der Waals surface area (Å²) in [4.78, 5) is 10.8. The first-order valence-corrected chi connectivity index (χ1v) is 3.99. The van der Waals surface area contributed by atoms with Crippen LogP contribution in [-0.4, -0.2) is 13.0 Å². The minimum Gasteiger partial charge on any atom is -0.496 e. The lowest BCUT2D eigenvalue weighted by Gasteiger charge is -2.04. The van der Waals surface area contributed by atoms with Gasteiger partial charge in [0.2, 0.25) is 0 Å². The number of hydrogen-bond acceptors (Lipinski definition) is 2. The van der Waals surface area contributed by atoms with Crippen LogP contribution < -0.4 is 10.5 Å². The van der Waals surface area contributed by atoms with Crippen LogP contribution >= 0.6 is 15.9 Å². The van der Waals surface area contributed by atoms with Crippen LogP contribution in [0.1, 0.15) is 10.4 Å². The molecule has 0 saturated heterocycles. The second-order valence-corrected chi connectivity index (χ2v) is 2.98. The van der Waals surface area contributed by atoms with Crippen LogP contribution in [0.15, 0.2) is 16.6 Å². The normalized spacial score (nSPS) is 9.50. The highest BCUT2D eigenvalue weighted by atomic mass is 79.9. The fourth-order valence-electron chi connectivity index (χ4n) is 0.813. The van der Waals surface area contributed by atoms with Gasteiger partial charge in [0.05, 0.1) is 12.7 Å². The van der Waals surface area contributed by atoms with Crippen LogP contribution in [0.2, 0.25) is 0 Å². The Bertz CT molecular complexity index is 312. The molecule has 2 N–H and O–H groups in total.